The number of rotatable bonds is 4. The number of hydrogen-bond acceptors (Lipinski definition) is 4. The summed E-state index contributed by atoms with van der Waals surface area (Å²) in [5.41, 5.74) is 4.21. The summed E-state index contributed by atoms with van der Waals surface area (Å²) < 4.78 is 11.4. The first kappa shape index (κ1) is 16.7. The lowest BCUT2D eigenvalue weighted by Crippen LogP contribution is -2.26. The fourth-order valence-electron chi connectivity index (χ4n) is 3.55. The van der Waals surface area contributed by atoms with Gasteiger partial charge < -0.3 is 19.6 Å². The highest BCUT2D eigenvalue weighted by molar-refractivity contribution is 6.07. The zero-order valence-corrected chi connectivity index (χ0v) is 14.6. The molecule has 2 heterocycles. The zero-order chi connectivity index (χ0) is 18.1. The molecule has 0 saturated heterocycles. The first-order chi connectivity index (χ1) is 12.7. The smallest absolute Gasteiger partial charge is 0.340 e. The van der Waals surface area contributed by atoms with Gasteiger partial charge in [-0.25, -0.2) is 4.79 Å². The van der Waals surface area contributed by atoms with Gasteiger partial charge in [0.05, 0.1) is 12.2 Å². The Kier molecular flexibility index (Phi) is 4.39. The van der Waals surface area contributed by atoms with Crippen molar-refractivity contribution in [2.75, 3.05) is 6.61 Å². The van der Waals surface area contributed by atoms with Crippen molar-refractivity contribution >= 4 is 16.9 Å². The molecule has 1 atom stereocenters. The molecule has 5 nitrogen and oxygen atoms in total. The molecule has 5 heteroatoms. The molecule has 0 aliphatic carbocycles. The van der Waals surface area contributed by atoms with E-state index in [0.717, 1.165) is 46.3 Å². The normalized spacial score (nSPS) is 16.2. The number of aromatic nitrogens is 1. The average Bonchev–Trinajstić information content (AvgIpc) is 3.02. The summed E-state index contributed by atoms with van der Waals surface area (Å²) in [4.78, 5) is 16.1. The third-order valence-corrected chi connectivity index (χ3v) is 4.85. The largest absolute Gasteiger partial charge is 0.488 e. The number of aryl methyl sites for hydroxylation is 2. The van der Waals surface area contributed by atoms with E-state index < -0.39 is 0 Å². The topological polar surface area (TPSA) is 71.6 Å². The summed E-state index contributed by atoms with van der Waals surface area (Å²) in [5, 5.41) is 10.2. The number of benzene rings is 2. The standard InChI is InChI=1S/C21H21NO4/c1-13-19(21(24)25-12-14-5-3-2-4-6-14)20-16-8-7-15(11-23)26-18(16)10-9-17(20)22-13/h2-6,9-10,15,22-23H,7-8,11-12H2,1H3. The second-order valence-corrected chi connectivity index (χ2v) is 6.61. The quantitative estimate of drug-likeness (QED) is 0.706. The third kappa shape index (κ3) is 2.95. The molecule has 26 heavy (non-hydrogen) atoms. The van der Waals surface area contributed by atoms with Crippen LogP contribution in [0.15, 0.2) is 42.5 Å². The van der Waals surface area contributed by atoms with Crippen LogP contribution in [0.2, 0.25) is 0 Å². The van der Waals surface area contributed by atoms with Crippen LogP contribution in [-0.4, -0.2) is 28.8 Å². The Bertz CT molecular complexity index is 946. The monoisotopic (exact) mass is 351 g/mol. The Morgan fingerprint density at radius 2 is 2.08 bits per heavy atom. The highest BCUT2D eigenvalue weighted by Crippen LogP contribution is 2.37. The predicted octanol–water partition coefficient (Wildman–Crippen LogP) is 3.52. The minimum Gasteiger partial charge on any atom is -0.488 e. The van der Waals surface area contributed by atoms with Crippen molar-refractivity contribution in [1.82, 2.24) is 4.98 Å². The summed E-state index contributed by atoms with van der Waals surface area (Å²) in [7, 11) is 0. The van der Waals surface area contributed by atoms with Crippen LogP contribution in [0.5, 0.6) is 5.75 Å². The van der Waals surface area contributed by atoms with Gasteiger partial charge in [-0.1, -0.05) is 30.3 Å². The van der Waals surface area contributed by atoms with Crippen LogP contribution < -0.4 is 4.74 Å². The number of fused-ring (bicyclic) bond motifs is 3. The van der Waals surface area contributed by atoms with Gasteiger partial charge in [0.15, 0.2) is 0 Å². The summed E-state index contributed by atoms with van der Waals surface area (Å²) in [6, 6.07) is 13.4. The Morgan fingerprint density at radius 3 is 2.85 bits per heavy atom. The second-order valence-electron chi connectivity index (χ2n) is 6.61. The number of carbonyl (C=O) groups excluding carboxylic acids is 1. The van der Waals surface area contributed by atoms with E-state index in [0.29, 0.717) is 5.56 Å². The van der Waals surface area contributed by atoms with E-state index in [1.807, 2.05) is 49.4 Å². The molecular weight excluding hydrogens is 330 g/mol. The highest BCUT2D eigenvalue weighted by atomic mass is 16.5. The molecule has 0 radical (unpaired) electrons. The van der Waals surface area contributed by atoms with Crippen molar-refractivity contribution in [3.05, 3.63) is 64.8 Å². The molecule has 1 aromatic heterocycles. The van der Waals surface area contributed by atoms with Gasteiger partial charge >= 0.3 is 5.97 Å². The maximum atomic E-state index is 12.8. The van der Waals surface area contributed by atoms with Crippen molar-refractivity contribution in [3.8, 4) is 5.75 Å². The number of aliphatic hydroxyl groups is 1. The third-order valence-electron chi connectivity index (χ3n) is 4.85. The lowest BCUT2D eigenvalue weighted by molar-refractivity contribution is 0.0474. The first-order valence-corrected chi connectivity index (χ1v) is 8.80. The van der Waals surface area contributed by atoms with Gasteiger partial charge in [-0.15, -0.1) is 0 Å². The Morgan fingerprint density at radius 1 is 1.27 bits per heavy atom. The van der Waals surface area contributed by atoms with E-state index in [1.54, 1.807) is 0 Å². The molecule has 0 fully saturated rings. The summed E-state index contributed by atoms with van der Waals surface area (Å²) in [6.07, 6.45) is 1.30. The fourth-order valence-corrected chi connectivity index (χ4v) is 3.55. The van der Waals surface area contributed by atoms with Crippen molar-refractivity contribution < 1.29 is 19.4 Å². The Balaban J connectivity index is 1.68. The number of nitrogens with one attached hydrogen (secondary N) is 1. The molecule has 0 bridgehead atoms. The molecule has 0 spiro atoms. The maximum absolute atomic E-state index is 12.8. The Labute approximate surface area is 151 Å². The molecule has 1 unspecified atom stereocenters. The number of aliphatic hydroxyl groups excluding tert-OH is 1. The molecule has 1 aliphatic rings. The molecular formula is C21H21NO4. The number of H-pyrrole nitrogens is 1. The minimum atomic E-state index is -0.338. The van der Waals surface area contributed by atoms with Gasteiger partial charge in [0.25, 0.3) is 0 Å². The Hall–Kier alpha value is -2.79. The van der Waals surface area contributed by atoms with Gasteiger partial charge in [0.1, 0.15) is 18.5 Å². The van der Waals surface area contributed by atoms with Crippen LogP contribution in [0.4, 0.5) is 0 Å². The predicted molar refractivity (Wildman–Crippen MR) is 98.4 cm³/mol. The van der Waals surface area contributed by atoms with Gasteiger partial charge in [-0.2, -0.15) is 0 Å². The molecule has 2 N–H and O–H groups in total. The number of hydrogen-bond donors (Lipinski definition) is 2. The lowest BCUT2D eigenvalue weighted by Gasteiger charge is -2.25. The van der Waals surface area contributed by atoms with Crippen molar-refractivity contribution in [2.45, 2.75) is 32.5 Å². The highest BCUT2D eigenvalue weighted by Gasteiger charge is 2.26. The van der Waals surface area contributed by atoms with Crippen molar-refractivity contribution in [1.29, 1.82) is 0 Å². The van der Waals surface area contributed by atoms with Crippen LogP contribution in [0.1, 0.15) is 33.6 Å². The number of aromatic amines is 1. The van der Waals surface area contributed by atoms with Crippen LogP contribution >= 0.6 is 0 Å². The van der Waals surface area contributed by atoms with Crippen LogP contribution in [-0.2, 0) is 17.8 Å². The minimum absolute atomic E-state index is 0.00435. The SMILES string of the molecule is Cc1[nH]c2ccc3c(c2c1C(=O)OCc1ccccc1)CCC(CO)O3. The summed E-state index contributed by atoms with van der Waals surface area (Å²) in [5.74, 6) is 0.397. The van der Waals surface area contributed by atoms with Gasteiger partial charge in [0.2, 0.25) is 0 Å². The molecule has 0 amide bonds. The van der Waals surface area contributed by atoms with E-state index in [9.17, 15) is 9.90 Å². The van der Waals surface area contributed by atoms with E-state index in [1.165, 1.54) is 0 Å². The number of ether oxygens (including phenoxy) is 2. The molecule has 3 aromatic rings. The molecule has 0 saturated carbocycles. The van der Waals surface area contributed by atoms with E-state index >= 15 is 0 Å². The van der Waals surface area contributed by atoms with Gasteiger partial charge in [-0.05, 0) is 37.5 Å². The van der Waals surface area contributed by atoms with Crippen LogP contribution in [0.3, 0.4) is 0 Å². The van der Waals surface area contributed by atoms with E-state index in [-0.39, 0.29) is 25.3 Å². The molecule has 134 valence electrons. The van der Waals surface area contributed by atoms with Crippen LogP contribution in [0.25, 0.3) is 10.9 Å². The molecule has 1 aliphatic heterocycles. The fraction of sp³-hybridized carbons (Fsp3) is 0.286. The average molecular weight is 351 g/mol. The molecule has 2 aromatic carbocycles. The second kappa shape index (κ2) is 6.84. The summed E-state index contributed by atoms with van der Waals surface area (Å²) >= 11 is 0. The first-order valence-electron chi connectivity index (χ1n) is 8.80. The van der Waals surface area contributed by atoms with Gasteiger partial charge in [-0.3, -0.25) is 0 Å². The number of esters is 1. The zero-order valence-electron chi connectivity index (χ0n) is 14.6. The summed E-state index contributed by atoms with van der Waals surface area (Å²) in [6.45, 7) is 2.12. The van der Waals surface area contributed by atoms with Crippen molar-refractivity contribution in [2.24, 2.45) is 0 Å². The van der Waals surface area contributed by atoms with Crippen molar-refractivity contribution in [3.63, 3.8) is 0 Å². The van der Waals surface area contributed by atoms with Crippen LogP contribution in [0, 0.1) is 6.92 Å². The lowest BCUT2D eigenvalue weighted by atomic mass is 9.96. The van der Waals surface area contributed by atoms with E-state index in [4.69, 9.17) is 9.47 Å². The van der Waals surface area contributed by atoms with E-state index in [2.05, 4.69) is 4.98 Å². The number of carbonyl (C=O) groups is 1. The maximum Gasteiger partial charge on any atom is 0.340 e. The molecule has 4 rings (SSSR count). The van der Waals surface area contributed by atoms with Gasteiger partial charge in [0, 0.05) is 22.2 Å².